The van der Waals surface area contributed by atoms with E-state index >= 15 is 0 Å². The van der Waals surface area contributed by atoms with E-state index in [1.54, 1.807) is 11.3 Å². The summed E-state index contributed by atoms with van der Waals surface area (Å²) >= 11 is 19.1. The number of halogens is 3. The lowest BCUT2D eigenvalue weighted by molar-refractivity contribution is 0.700. The zero-order valence-electron chi connectivity index (χ0n) is 9.34. The van der Waals surface area contributed by atoms with Gasteiger partial charge in [-0.2, -0.15) is 0 Å². The first kappa shape index (κ1) is 12.7. The second kappa shape index (κ2) is 4.37. The molecule has 2 aromatic rings. The van der Waals surface area contributed by atoms with E-state index in [0.717, 1.165) is 23.1 Å². The molecule has 2 N–H and O–H groups in total. The van der Waals surface area contributed by atoms with Crippen LogP contribution in [0.15, 0.2) is 0 Å². The Bertz CT molecular complexity index is 618. The molecule has 7 heteroatoms. The standard InChI is InChI=1S/C11H10Cl3N3S/c12-11(13,14)10-16-8(15)7-5-3-1-2-4-6(5)18-9(7)17-10/h1-4H2,(H2,15,16,17). The van der Waals surface area contributed by atoms with Crippen molar-refractivity contribution < 1.29 is 0 Å². The van der Waals surface area contributed by atoms with Crippen molar-refractivity contribution in [2.45, 2.75) is 29.5 Å². The maximum atomic E-state index is 6.00. The minimum absolute atomic E-state index is 0.149. The van der Waals surface area contributed by atoms with Crippen molar-refractivity contribution in [3.8, 4) is 0 Å². The first-order valence-electron chi connectivity index (χ1n) is 5.62. The van der Waals surface area contributed by atoms with Crippen LogP contribution in [0.2, 0.25) is 0 Å². The Kier molecular flexibility index (Phi) is 3.09. The van der Waals surface area contributed by atoms with Gasteiger partial charge < -0.3 is 5.73 Å². The molecule has 0 aliphatic heterocycles. The Morgan fingerprint density at radius 1 is 1.11 bits per heavy atom. The zero-order chi connectivity index (χ0) is 12.9. The lowest BCUT2D eigenvalue weighted by Crippen LogP contribution is -2.09. The number of aryl methyl sites for hydroxylation is 2. The number of thiophene rings is 1. The number of hydrogen-bond donors (Lipinski definition) is 1. The second-order valence-electron chi connectivity index (χ2n) is 4.32. The number of anilines is 1. The molecule has 1 aliphatic carbocycles. The van der Waals surface area contributed by atoms with E-state index in [1.807, 2.05) is 0 Å². The second-order valence-corrected chi connectivity index (χ2v) is 7.69. The summed E-state index contributed by atoms with van der Waals surface area (Å²) in [5.74, 6) is 0.567. The van der Waals surface area contributed by atoms with Crippen molar-refractivity contribution >= 4 is 62.2 Å². The number of nitrogens with two attached hydrogens (primary N) is 1. The summed E-state index contributed by atoms with van der Waals surface area (Å²) in [6.07, 6.45) is 4.52. The molecule has 0 atom stereocenters. The van der Waals surface area contributed by atoms with Gasteiger partial charge in [-0.1, -0.05) is 34.8 Å². The fourth-order valence-electron chi connectivity index (χ4n) is 2.31. The van der Waals surface area contributed by atoms with Crippen molar-refractivity contribution in [3.05, 3.63) is 16.3 Å². The molecule has 0 amide bonds. The molecule has 0 unspecified atom stereocenters. The van der Waals surface area contributed by atoms with E-state index < -0.39 is 3.79 Å². The van der Waals surface area contributed by atoms with Crippen LogP contribution < -0.4 is 5.73 Å². The molecule has 96 valence electrons. The van der Waals surface area contributed by atoms with Gasteiger partial charge in [0, 0.05) is 4.88 Å². The molecule has 0 saturated heterocycles. The predicted molar refractivity (Wildman–Crippen MR) is 77.7 cm³/mol. The van der Waals surface area contributed by atoms with E-state index in [9.17, 15) is 0 Å². The van der Waals surface area contributed by atoms with Crippen molar-refractivity contribution in [3.63, 3.8) is 0 Å². The van der Waals surface area contributed by atoms with Gasteiger partial charge in [0.05, 0.1) is 5.39 Å². The highest BCUT2D eigenvalue weighted by atomic mass is 35.6. The highest BCUT2D eigenvalue weighted by Crippen LogP contribution is 2.41. The average molecular weight is 323 g/mol. The molecule has 1 aliphatic rings. The molecular weight excluding hydrogens is 313 g/mol. The molecular formula is C11H10Cl3N3S. The van der Waals surface area contributed by atoms with Crippen LogP contribution in [0.25, 0.3) is 10.2 Å². The third-order valence-corrected chi connectivity index (χ3v) is 4.79. The van der Waals surface area contributed by atoms with Gasteiger partial charge in [-0.3, -0.25) is 0 Å². The SMILES string of the molecule is Nc1nc(C(Cl)(Cl)Cl)nc2sc3c(c12)CCCC3. The van der Waals surface area contributed by atoms with Crippen LogP contribution >= 0.6 is 46.1 Å². The lowest BCUT2D eigenvalue weighted by atomic mass is 9.97. The number of alkyl halides is 3. The quantitative estimate of drug-likeness (QED) is 0.746. The molecule has 0 aromatic carbocycles. The number of aromatic nitrogens is 2. The summed E-state index contributed by atoms with van der Waals surface area (Å²) in [7, 11) is 0. The van der Waals surface area contributed by atoms with Gasteiger partial charge in [0.1, 0.15) is 10.6 Å². The van der Waals surface area contributed by atoms with Crippen LogP contribution in [-0.4, -0.2) is 9.97 Å². The lowest BCUT2D eigenvalue weighted by Gasteiger charge is -2.12. The van der Waals surface area contributed by atoms with Crippen LogP contribution in [0, 0.1) is 0 Å². The maximum Gasteiger partial charge on any atom is 0.250 e. The minimum atomic E-state index is -1.63. The smallest absolute Gasteiger partial charge is 0.250 e. The Hall–Kier alpha value is -0.290. The summed E-state index contributed by atoms with van der Waals surface area (Å²) in [6.45, 7) is 0. The van der Waals surface area contributed by atoms with E-state index in [0.29, 0.717) is 5.82 Å². The average Bonchev–Trinajstić information content (AvgIpc) is 2.66. The van der Waals surface area contributed by atoms with Crippen LogP contribution in [-0.2, 0) is 16.6 Å². The summed E-state index contributed by atoms with van der Waals surface area (Å²) in [4.78, 5) is 10.6. The molecule has 0 spiro atoms. The molecule has 0 radical (unpaired) electrons. The van der Waals surface area contributed by atoms with Crippen molar-refractivity contribution in [1.29, 1.82) is 0 Å². The normalized spacial score (nSPS) is 15.9. The monoisotopic (exact) mass is 321 g/mol. The number of fused-ring (bicyclic) bond motifs is 3. The van der Waals surface area contributed by atoms with Crippen molar-refractivity contribution in [2.24, 2.45) is 0 Å². The Morgan fingerprint density at radius 3 is 2.56 bits per heavy atom. The molecule has 3 nitrogen and oxygen atoms in total. The summed E-state index contributed by atoms with van der Waals surface area (Å²) in [5.41, 5.74) is 7.29. The Morgan fingerprint density at radius 2 is 1.83 bits per heavy atom. The Balaban J connectivity index is 2.27. The van der Waals surface area contributed by atoms with Crippen molar-refractivity contribution in [1.82, 2.24) is 9.97 Å². The summed E-state index contributed by atoms with van der Waals surface area (Å²) < 4.78 is -1.63. The predicted octanol–water partition coefficient (Wildman–Crippen LogP) is 3.98. The molecule has 0 fully saturated rings. The largest absolute Gasteiger partial charge is 0.383 e. The zero-order valence-corrected chi connectivity index (χ0v) is 12.4. The first-order valence-corrected chi connectivity index (χ1v) is 7.57. The van der Waals surface area contributed by atoms with Crippen LogP contribution in [0.1, 0.15) is 29.1 Å². The highest BCUT2D eigenvalue weighted by Gasteiger charge is 2.29. The van der Waals surface area contributed by atoms with Gasteiger partial charge in [-0.05, 0) is 31.2 Å². The minimum Gasteiger partial charge on any atom is -0.383 e. The topological polar surface area (TPSA) is 51.8 Å². The maximum absolute atomic E-state index is 6.00. The molecule has 2 aromatic heterocycles. The van der Waals surface area contributed by atoms with E-state index in [4.69, 9.17) is 40.5 Å². The van der Waals surface area contributed by atoms with Crippen LogP contribution in [0.5, 0.6) is 0 Å². The molecule has 0 bridgehead atoms. The first-order chi connectivity index (χ1) is 8.47. The van der Waals surface area contributed by atoms with Gasteiger partial charge in [0.15, 0.2) is 5.82 Å². The third-order valence-electron chi connectivity index (χ3n) is 3.10. The number of hydrogen-bond acceptors (Lipinski definition) is 4. The van der Waals surface area contributed by atoms with E-state index in [2.05, 4.69) is 9.97 Å². The fourth-order valence-corrected chi connectivity index (χ4v) is 3.83. The van der Waals surface area contributed by atoms with E-state index in [-0.39, 0.29) is 5.82 Å². The van der Waals surface area contributed by atoms with Crippen LogP contribution in [0.4, 0.5) is 5.82 Å². The third kappa shape index (κ3) is 2.05. The van der Waals surface area contributed by atoms with Gasteiger partial charge in [0.25, 0.3) is 0 Å². The number of nitrogens with zero attached hydrogens (tertiary/aromatic N) is 2. The van der Waals surface area contributed by atoms with Gasteiger partial charge in [-0.25, -0.2) is 9.97 Å². The highest BCUT2D eigenvalue weighted by molar-refractivity contribution is 7.19. The van der Waals surface area contributed by atoms with E-state index in [1.165, 1.54) is 23.3 Å². The van der Waals surface area contributed by atoms with Crippen molar-refractivity contribution in [2.75, 3.05) is 5.73 Å². The number of nitrogen functional groups attached to an aromatic ring is 1. The Labute approximate surface area is 123 Å². The molecule has 2 heterocycles. The molecule has 0 saturated carbocycles. The number of rotatable bonds is 0. The fraction of sp³-hybridized carbons (Fsp3) is 0.455. The van der Waals surface area contributed by atoms with Gasteiger partial charge in [0.2, 0.25) is 3.79 Å². The summed E-state index contributed by atoms with van der Waals surface area (Å²) in [5, 5.41) is 0.952. The van der Waals surface area contributed by atoms with Gasteiger partial charge in [-0.15, -0.1) is 11.3 Å². The molecule has 18 heavy (non-hydrogen) atoms. The van der Waals surface area contributed by atoms with Gasteiger partial charge >= 0.3 is 0 Å². The summed E-state index contributed by atoms with van der Waals surface area (Å²) in [6, 6.07) is 0. The molecule has 3 rings (SSSR count). The van der Waals surface area contributed by atoms with Crippen LogP contribution in [0.3, 0.4) is 0 Å².